The molecule has 0 aliphatic heterocycles. The number of thiophene rings is 1. The Hall–Kier alpha value is -3.00. The molecule has 1 aromatic carbocycles. The molecule has 2 aromatic heterocycles. The molecule has 0 spiro atoms. The highest BCUT2D eigenvalue weighted by Gasteiger charge is 2.30. The lowest BCUT2D eigenvalue weighted by molar-refractivity contribution is -0.156. The van der Waals surface area contributed by atoms with Gasteiger partial charge in [0.1, 0.15) is 4.83 Å². The van der Waals surface area contributed by atoms with Crippen LogP contribution in [0.15, 0.2) is 52.9 Å². The van der Waals surface area contributed by atoms with Gasteiger partial charge < -0.3 is 10.1 Å². The molecular formula is C20H19N3O4S. The lowest BCUT2D eigenvalue weighted by atomic mass is 10.1. The van der Waals surface area contributed by atoms with Crippen LogP contribution in [0.3, 0.4) is 0 Å². The Labute approximate surface area is 165 Å². The van der Waals surface area contributed by atoms with E-state index in [-0.39, 0.29) is 30.5 Å². The number of fused-ring (bicyclic) bond motifs is 1. The van der Waals surface area contributed by atoms with E-state index in [1.54, 1.807) is 35.7 Å². The van der Waals surface area contributed by atoms with E-state index in [1.807, 2.05) is 6.07 Å². The second-order valence-electron chi connectivity index (χ2n) is 6.70. The second kappa shape index (κ2) is 7.93. The van der Waals surface area contributed by atoms with Crippen LogP contribution >= 0.6 is 11.3 Å². The van der Waals surface area contributed by atoms with Crippen molar-refractivity contribution in [2.75, 3.05) is 0 Å². The number of hydrogen-bond acceptors (Lipinski definition) is 6. The quantitative estimate of drug-likeness (QED) is 0.619. The number of hydrogen-bond donors (Lipinski definition) is 1. The molecular weight excluding hydrogens is 378 g/mol. The summed E-state index contributed by atoms with van der Waals surface area (Å²) in [5.74, 6) is -0.863. The van der Waals surface area contributed by atoms with Gasteiger partial charge in [-0.2, -0.15) is 0 Å². The molecule has 0 saturated heterocycles. The van der Waals surface area contributed by atoms with Crippen LogP contribution in [0, 0.1) is 0 Å². The Kier molecular flexibility index (Phi) is 5.21. The maximum Gasteiger partial charge on any atom is 0.308 e. The van der Waals surface area contributed by atoms with E-state index in [9.17, 15) is 14.4 Å². The summed E-state index contributed by atoms with van der Waals surface area (Å²) in [4.78, 5) is 42.2. The molecule has 1 N–H and O–H groups in total. The second-order valence-corrected chi connectivity index (χ2v) is 7.59. The predicted molar refractivity (Wildman–Crippen MR) is 105 cm³/mol. The van der Waals surface area contributed by atoms with Gasteiger partial charge in [-0.15, -0.1) is 11.3 Å². The Balaban J connectivity index is 1.44. The Morgan fingerprint density at radius 2 is 2.04 bits per heavy atom. The Morgan fingerprint density at radius 3 is 2.79 bits per heavy atom. The Morgan fingerprint density at radius 1 is 1.25 bits per heavy atom. The first kappa shape index (κ1) is 18.4. The number of rotatable bonds is 7. The minimum atomic E-state index is -0.997. The molecule has 0 unspecified atom stereocenters. The van der Waals surface area contributed by atoms with Crippen molar-refractivity contribution in [3.8, 4) is 0 Å². The number of nitrogens with one attached hydrogen (secondary N) is 1. The summed E-state index contributed by atoms with van der Waals surface area (Å²) in [5, 5.41) is 5.22. The first-order valence-corrected chi connectivity index (χ1v) is 9.97. The van der Waals surface area contributed by atoms with Gasteiger partial charge in [-0.1, -0.05) is 30.3 Å². The minimum absolute atomic E-state index is 0.0305. The molecule has 1 aliphatic carbocycles. The molecule has 28 heavy (non-hydrogen) atoms. The molecule has 1 amide bonds. The summed E-state index contributed by atoms with van der Waals surface area (Å²) < 4.78 is 6.86. The minimum Gasteiger partial charge on any atom is -0.447 e. The van der Waals surface area contributed by atoms with Gasteiger partial charge in [0.15, 0.2) is 0 Å². The third kappa shape index (κ3) is 4.12. The number of amides is 1. The zero-order valence-corrected chi connectivity index (χ0v) is 15.9. The van der Waals surface area contributed by atoms with Crippen LogP contribution in [-0.4, -0.2) is 27.5 Å². The third-order valence-electron chi connectivity index (χ3n) is 4.52. The monoisotopic (exact) mass is 397 g/mol. The van der Waals surface area contributed by atoms with Crippen molar-refractivity contribution in [1.82, 2.24) is 14.9 Å². The zero-order chi connectivity index (χ0) is 19.5. The normalized spacial score (nSPS) is 14.6. The maximum atomic E-state index is 12.5. The van der Waals surface area contributed by atoms with Crippen LogP contribution in [0.2, 0.25) is 0 Å². The van der Waals surface area contributed by atoms with E-state index in [0.29, 0.717) is 15.8 Å². The highest BCUT2D eigenvalue weighted by molar-refractivity contribution is 7.16. The molecule has 2 heterocycles. The van der Waals surface area contributed by atoms with Crippen molar-refractivity contribution >= 4 is 33.4 Å². The summed E-state index contributed by atoms with van der Waals surface area (Å²) in [6.45, 7) is 0.141. The van der Waals surface area contributed by atoms with Crippen LogP contribution in [0.25, 0.3) is 10.2 Å². The predicted octanol–water partition coefficient (Wildman–Crippen LogP) is 2.41. The van der Waals surface area contributed by atoms with Crippen molar-refractivity contribution in [1.29, 1.82) is 0 Å². The zero-order valence-electron chi connectivity index (χ0n) is 15.0. The molecule has 7 nitrogen and oxygen atoms in total. The first-order chi connectivity index (χ1) is 13.6. The SMILES string of the molecule is O=C(CCn1cnc2sccc2c1=O)O[C@H](C(=O)NC1CC1)c1ccccc1. The molecule has 1 saturated carbocycles. The number of carbonyl (C=O) groups is 2. The van der Waals surface area contributed by atoms with E-state index >= 15 is 0 Å². The maximum absolute atomic E-state index is 12.5. The number of aromatic nitrogens is 2. The fourth-order valence-corrected chi connectivity index (χ4v) is 3.58. The number of aryl methyl sites for hydroxylation is 1. The van der Waals surface area contributed by atoms with E-state index in [2.05, 4.69) is 10.3 Å². The number of esters is 1. The van der Waals surface area contributed by atoms with E-state index in [4.69, 9.17) is 4.74 Å². The average Bonchev–Trinajstić information content (AvgIpc) is 3.38. The van der Waals surface area contributed by atoms with Crippen molar-refractivity contribution < 1.29 is 14.3 Å². The van der Waals surface area contributed by atoms with Crippen LogP contribution in [0.4, 0.5) is 0 Å². The Bertz CT molecular complexity index is 1060. The first-order valence-electron chi connectivity index (χ1n) is 9.09. The molecule has 0 radical (unpaired) electrons. The molecule has 4 rings (SSSR count). The van der Waals surface area contributed by atoms with Gasteiger partial charge in [0.05, 0.1) is 18.1 Å². The van der Waals surface area contributed by atoms with Crippen molar-refractivity contribution in [3.63, 3.8) is 0 Å². The number of benzene rings is 1. The van der Waals surface area contributed by atoms with Gasteiger partial charge in [-0.25, -0.2) is 4.98 Å². The number of ether oxygens (including phenoxy) is 1. The molecule has 1 aliphatic rings. The lowest BCUT2D eigenvalue weighted by Crippen LogP contribution is -2.33. The third-order valence-corrected chi connectivity index (χ3v) is 5.34. The van der Waals surface area contributed by atoms with Gasteiger partial charge in [-0.05, 0) is 24.3 Å². The fourth-order valence-electron chi connectivity index (χ4n) is 2.86. The van der Waals surface area contributed by atoms with Gasteiger partial charge >= 0.3 is 5.97 Å². The summed E-state index contributed by atoms with van der Waals surface area (Å²) in [7, 11) is 0. The summed E-state index contributed by atoms with van der Waals surface area (Å²) in [6, 6.07) is 10.8. The van der Waals surface area contributed by atoms with Crippen molar-refractivity contribution in [3.05, 3.63) is 64.0 Å². The van der Waals surface area contributed by atoms with Gasteiger partial charge in [0.25, 0.3) is 11.5 Å². The van der Waals surface area contributed by atoms with Crippen molar-refractivity contribution in [2.24, 2.45) is 0 Å². The van der Waals surface area contributed by atoms with Gasteiger partial charge in [-0.3, -0.25) is 19.0 Å². The molecule has 3 aromatic rings. The molecule has 1 atom stereocenters. The van der Waals surface area contributed by atoms with E-state index in [0.717, 1.165) is 12.8 Å². The van der Waals surface area contributed by atoms with Crippen LogP contribution in [0.1, 0.15) is 30.9 Å². The largest absolute Gasteiger partial charge is 0.447 e. The van der Waals surface area contributed by atoms with Crippen LogP contribution in [0.5, 0.6) is 0 Å². The molecule has 8 heteroatoms. The number of carbonyl (C=O) groups excluding carboxylic acids is 2. The average molecular weight is 397 g/mol. The topological polar surface area (TPSA) is 90.3 Å². The molecule has 0 bridgehead atoms. The summed E-state index contributed by atoms with van der Waals surface area (Å²) >= 11 is 1.39. The van der Waals surface area contributed by atoms with Gasteiger partial charge in [0, 0.05) is 18.2 Å². The van der Waals surface area contributed by atoms with E-state index < -0.39 is 12.1 Å². The van der Waals surface area contributed by atoms with Crippen LogP contribution < -0.4 is 10.9 Å². The summed E-state index contributed by atoms with van der Waals surface area (Å²) in [5.41, 5.74) is 0.428. The number of nitrogens with zero attached hydrogens (tertiary/aromatic N) is 2. The summed E-state index contributed by atoms with van der Waals surface area (Å²) in [6.07, 6.45) is 2.30. The van der Waals surface area contributed by atoms with Gasteiger partial charge in [0.2, 0.25) is 6.10 Å². The highest BCUT2D eigenvalue weighted by atomic mass is 32.1. The van der Waals surface area contributed by atoms with Crippen LogP contribution in [-0.2, 0) is 20.9 Å². The highest BCUT2D eigenvalue weighted by Crippen LogP contribution is 2.23. The van der Waals surface area contributed by atoms with Crippen molar-refractivity contribution in [2.45, 2.75) is 38.0 Å². The lowest BCUT2D eigenvalue weighted by Gasteiger charge is -2.18. The molecule has 1 fully saturated rings. The molecule has 144 valence electrons. The smallest absolute Gasteiger partial charge is 0.308 e. The fraction of sp³-hybridized carbons (Fsp3) is 0.300. The standard InChI is InChI=1S/C20H19N3O4S/c24-16(8-10-23-12-21-19-15(20(23)26)9-11-28-19)27-17(13-4-2-1-3-5-13)18(25)22-14-6-7-14/h1-5,9,11-12,14,17H,6-8,10H2,(H,22,25)/t17-/m0/s1. The van der Waals surface area contributed by atoms with E-state index in [1.165, 1.54) is 22.2 Å².